The van der Waals surface area contributed by atoms with Gasteiger partial charge in [0.05, 0.1) is 5.39 Å². The molecule has 1 aliphatic rings. The van der Waals surface area contributed by atoms with E-state index >= 15 is 0 Å². The van der Waals surface area contributed by atoms with E-state index in [-0.39, 0.29) is 17.1 Å². The highest BCUT2D eigenvalue weighted by molar-refractivity contribution is 5.90. The van der Waals surface area contributed by atoms with E-state index in [0.29, 0.717) is 43.1 Å². The number of anilines is 1. The number of carbonyl (C=O) groups is 2. The minimum absolute atomic E-state index is 0.227. The smallest absolute Gasteiger partial charge is 0.374 e. The molecule has 0 spiro atoms. The molecule has 1 aliphatic heterocycles. The summed E-state index contributed by atoms with van der Waals surface area (Å²) in [4.78, 5) is 48.9. The van der Waals surface area contributed by atoms with Crippen LogP contribution in [0.4, 0.5) is 5.95 Å². The molecule has 1 saturated heterocycles. The average Bonchev–Trinajstić information content (AvgIpc) is 2.78. The predicted octanol–water partition coefficient (Wildman–Crippen LogP) is 1.40. The van der Waals surface area contributed by atoms with Gasteiger partial charge in [0.1, 0.15) is 5.58 Å². The Morgan fingerprint density at radius 2 is 1.83 bits per heavy atom. The second-order valence-corrected chi connectivity index (χ2v) is 6.97. The summed E-state index contributed by atoms with van der Waals surface area (Å²) in [7, 11) is 0. The van der Waals surface area contributed by atoms with Gasteiger partial charge in [0.25, 0.3) is 5.91 Å². The fourth-order valence-electron chi connectivity index (χ4n) is 3.27. The minimum Gasteiger partial charge on any atom is -0.450 e. The van der Waals surface area contributed by atoms with Crippen LogP contribution in [0.5, 0.6) is 0 Å². The van der Waals surface area contributed by atoms with Crippen LogP contribution in [-0.2, 0) is 9.53 Å². The lowest BCUT2D eigenvalue weighted by atomic mass is 10.1. The Labute approximate surface area is 171 Å². The number of hydrogen-bond donors (Lipinski definition) is 0. The maximum Gasteiger partial charge on any atom is 0.374 e. The Bertz CT molecular complexity index is 1140. The van der Waals surface area contributed by atoms with Gasteiger partial charge in [-0.3, -0.25) is 9.59 Å². The van der Waals surface area contributed by atoms with Crippen molar-refractivity contribution in [3.63, 3.8) is 0 Å². The van der Waals surface area contributed by atoms with E-state index in [0.717, 1.165) is 11.6 Å². The lowest BCUT2D eigenvalue weighted by molar-refractivity contribution is -0.134. The largest absolute Gasteiger partial charge is 0.450 e. The molecule has 30 heavy (non-hydrogen) atoms. The third-order valence-electron chi connectivity index (χ3n) is 4.88. The molecular formula is C21H20N4O5. The Kier molecular flexibility index (Phi) is 5.42. The van der Waals surface area contributed by atoms with Crippen LogP contribution in [0.15, 0.2) is 51.9 Å². The normalized spacial score (nSPS) is 14.0. The highest BCUT2D eigenvalue weighted by atomic mass is 16.5. The van der Waals surface area contributed by atoms with E-state index in [1.54, 1.807) is 41.6 Å². The summed E-state index contributed by atoms with van der Waals surface area (Å²) >= 11 is 0. The summed E-state index contributed by atoms with van der Waals surface area (Å²) < 4.78 is 10.6. The molecule has 154 valence electrons. The second kappa shape index (κ2) is 8.32. The van der Waals surface area contributed by atoms with E-state index in [9.17, 15) is 14.4 Å². The van der Waals surface area contributed by atoms with Crippen LogP contribution in [0.2, 0.25) is 0 Å². The van der Waals surface area contributed by atoms with Gasteiger partial charge in [-0.05, 0) is 25.1 Å². The van der Waals surface area contributed by atoms with E-state index < -0.39 is 12.6 Å². The molecule has 0 N–H and O–H groups in total. The first-order valence-electron chi connectivity index (χ1n) is 9.52. The monoisotopic (exact) mass is 408 g/mol. The van der Waals surface area contributed by atoms with Gasteiger partial charge < -0.3 is 19.0 Å². The number of benzene rings is 1. The van der Waals surface area contributed by atoms with E-state index in [1.165, 1.54) is 0 Å². The summed E-state index contributed by atoms with van der Waals surface area (Å²) in [5.74, 6) is -0.761. The van der Waals surface area contributed by atoms with Crippen molar-refractivity contribution in [1.82, 2.24) is 14.9 Å². The van der Waals surface area contributed by atoms with Gasteiger partial charge in [-0.1, -0.05) is 11.6 Å². The number of carbonyl (C=O) groups excluding carboxylic acids is 2. The van der Waals surface area contributed by atoms with Crippen molar-refractivity contribution in [2.75, 3.05) is 37.7 Å². The number of piperazine rings is 1. The van der Waals surface area contributed by atoms with Crippen LogP contribution in [0, 0.1) is 6.92 Å². The standard InChI is InChI=1S/C21H20N4O5/c1-14-3-4-17-15(11-14)16(26)12-18(30-17)20(28)29-13-19(27)24-7-9-25(10-8-24)21-22-5-2-6-23-21/h2-6,11-12H,7-10,13H2,1H3. The van der Waals surface area contributed by atoms with Crippen molar-refractivity contribution < 1.29 is 18.7 Å². The number of aromatic nitrogens is 2. The number of amides is 1. The lowest BCUT2D eigenvalue weighted by Gasteiger charge is -2.34. The third-order valence-corrected chi connectivity index (χ3v) is 4.88. The number of esters is 1. The second-order valence-electron chi connectivity index (χ2n) is 6.97. The number of aryl methyl sites for hydroxylation is 1. The van der Waals surface area contributed by atoms with Gasteiger partial charge in [0, 0.05) is 44.6 Å². The summed E-state index contributed by atoms with van der Waals surface area (Å²) in [6.45, 7) is 3.55. The van der Waals surface area contributed by atoms with Crippen molar-refractivity contribution in [2.24, 2.45) is 0 Å². The van der Waals surface area contributed by atoms with Crippen molar-refractivity contribution in [3.05, 3.63) is 64.3 Å². The molecule has 0 unspecified atom stereocenters. The van der Waals surface area contributed by atoms with Crippen molar-refractivity contribution >= 4 is 28.8 Å². The molecule has 9 heteroatoms. The van der Waals surface area contributed by atoms with Crippen molar-refractivity contribution in [2.45, 2.75) is 6.92 Å². The van der Waals surface area contributed by atoms with Gasteiger partial charge in [-0.2, -0.15) is 0 Å². The van der Waals surface area contributed by atoms with Crippen LogP contribution in [-0.4, -0.2) is 59.5 Å². The minimum atomic E-state index is -0.848. The number of ether oxygens (including phenoxy) is 1. The molecule has 1 amide bonds. The van der Waals surface area contributed by atoms with Crippen molar-refractivity contribution in [1.29, 1.82) is 0 Å². The van der Waals surface area contributed by atoms with Gasteiger partial charge in [0.15, 0.2) is 12.0 Å². The van der Waals surface area contributed by atoms with Crippen LogP contribution in [0.3, 0.4) is 0 Å². The first-order valence-corrected chi connectivity index (χ1v) is 9.52. The molecule has 3 heterocycles. The maximum absolute atomic E-state index is 12.4. The Hall–Kier alpha value is -3.75. The topological polar surface area (TPSA) is 106 Å². The Morgan fingerprint density at radius 3 is 2.57 bits per heavy atom. The Balaban J connectivity index is 1.34. The van der Waals surface area contributed by atoms with E-state index in [4.69, 9.17) is 9.15 Å². The van der Waals surface area contributed by atoms with Gasteiger partial charge >= 0.3 is 5.97 Å². The zero-order chi connectivity index (χ0) is 21.1. The number of hydrogen-bond acceptors (Lipinski definition) is 8. The molecular weight excluding hydrogens is 388 g/mol. The number of rotatable bonds is 4. The zero-order valence-corrected chi connectivity index (χ0v) is 16.4. The van der Waals surface area contributed by atoms with Crippen LogP contribution < -0.4 is 10.3 Å². The molecule has 0 bridgehead atoms. The van der Waals surface area contributed by atoms with Gasteiger partial charge in [-0.25, -0.2) is 14.8 Å². The molecule has 9 nitrogen and oxygen atoms in total. The Morgan fingerprint density at radius 1 is 1.10 bits per heavy atom. The van der Waals surface area contributed by atoms with E-state index in [2.05, 4.69) is 9.97 Å². The molecule has 0 radical (unpaired) electrons. The van der Waals surface area contributed by atoms with Gasteiger partial charge in [0.2, 0.25) is 11.7 Å². The predicted molar refractivity (Wildman–Crippen MR) is 108 cm³/mol. The average molecular weight is 408 g/mol. The number of fused-ring (bicyclic) bond motifs is 1. The highest BCUT2D eigenvalue weighted by Crippen LogP contribution is 2.15. The summed E-state index contributed by atoms with van der Waals surface area (Å²) in [6, 6.07) is 7.94. The SMILES string of the molecule is Cc1ccc2oc(C(=O)OCC(=O)N3CCN(c4ncccn4)CC3)cc(=O)c2c1. The quantitative estimate of drug-likeness (QED) is 0.597. The first kappa shape index (κ1) is 19.6. The third kappa shape index (κ3) is 4.14. The maximum atomic E-state index is 12.4. The first-order chi connectivity index (χ1) is 14.5. The summed E-state index contributed by atoms with van der Waals surface area (Å²) in [6.07, 6.45) is 3.34. The molecule has 3 aromatic rings. The molecule has 4 rings (SSSR count). The molecule has 0 aliphatic carbocycles. The molecule has 0 saturated carbocycles. The summed E-state index contributed by atoms with van der Waals surface area (Å²) in [5, 5.41) is 0.392. The molecule has 2 aromatic heterocycles. The lowest BCUT2D eigenvalue weighted by Crippen LogP contribution is -2.50. The van der Waals surface area contributed by atoms with Crippen molar-refractivity contribution in [3.8, 4) is 0 Å². The van der Waals surface area contributed by atoms with Crippen LogP contribution in [0.25, 0.3) is 11.0 Å². The van der Waals surface area contributed by atoms with E-state index in [1.807, 2.05) is 11.8 Å². The fraction of sp³-hybridized carbons (Fsp3) is 0.286. The molecule has 1 aromatic carbocycles. The van der Waals surface area contributed by atoms with Crippen LogP contribution in [0.1, 0.15) is 16.1 Å². The van der Waals surface area contributed by atoms with Gasteiger partial charge in [-0.15, -0.1) is 0 Å². The fourth-order valence-corrected chi connectivity index (χ4v) is 3.27. The number of nitrogens with zero attached hydrogens (tertiary/aromatic N) is 4. The summed E-state index contributed by atoms with van der Waals surface area (Å²) in [5.41, 5.74) is 0.873. The zero-order valence-electron chi connectivity index (χ0n) is 16.4. The van der Waals surface area contributed by atoms with Crippen LogP contribution >= 0.6 is 0 Å². The molecule has 1 fully saturated rings. The molecule has 0 atom stereocenters. The highest BCUT2D eigenvalue weighted by Gasteiger charge is 2.24.